The molecule has 4 rings (SSSR count). The standard InChI is InChI=1S/C20H18ClN3OS/c1-12-6-7-13(21)11-14(12)16-8-9-17(25-16)19-18(23-20(26)24(19)2)15-5-3-4-10-22-15/h3-11,18-19H,1-2H3,(H,23,26)/t18-,19-/m0/s1. The SMILES string of the molecule is Cc1ccc(Cl)cc1-c1ccc([C@H]2[C@H](c3ccccn3)NC(=S)N2C)o1. The van der Waals surface area contributed by atoms with Crippen LogP contribution in [0.25, 0.3) is 11.3 Å². The molecule has 3 aromatic rings. The third-order valence-electron chi connectivity index (χ3n) is 4.72. The molecule has 6 heteroatoms. The van der Waals surface area contributed by atoms with Gasteiger partial charge in [0.2, 0.25) is 0 Å². The van der Waals surface area contributed by atoms with Crippen molar-refractivity contribution >= 4 is 28.9 Å². The summed E-state index contributed by atoms with van der Waals surface area (Å²) >= 11 is 11.6. The lowest BCUT2D eigenvalue weighted by atomic mass is 10.0. The number of furan rings is 1. The minimum absolute atomic E-state index is 0.0619. The lowest BCUT2D eigenvalue weighted by Gasteiger charge is -2.21. The van der Waals surface area contributed by atoms with Crippen LogP contribution in [0, 0.1) is 6.92 Å². The van der Waals surface area contributed by atoms with Crippen LogP contribution in [-0.4, -0.2) is 22.0 Å². The quantitative estimate of drug-likeness (QED) is 0.651. The van der Waals surface area contributed by atoms with Crippen molar-refractivity contribution in [2.45, 2.75) is 19.0 Å². The van der Waals surface area contributed by atoms with Crippen LogP contribution >= 0.6 is 23.8 Å². The number of halogens is 1. The van der Waals surface area contributed by atoms with Gasteiger partial charge in [-0.3, -0.25) is 4.98 Å². The zero-order chi connectivity index (χ0) is 18.3. The van der Waals surface area contributed by atoms with Crippen LogP contribution in [0.3, 0.4) is 0 Å². The van der Waals surface area contributed by atoms with Gasteiger partial charge in [0.15, 0.2) is 5.11 Å². The summed E-state index contributed by atoms with van der Waals surface area (Å²) in [4.78, 5) is 6.50. The zero-order valence-corrected chi connectivity index (χ0v) is 16.0. The third kappa shape index (κ3) is 2.97. The number of hydrogen-bond donors (Lipinski definition) is 1. The molecule has 0 amide bonds. The summed E-state index contributed by atoms with van der Waals surface area (Å²) in [6.07, 6.45) is 1.79. The van der Waals surface area contributed by atoms with Crippen LogP contribution in [-0.2, 0) is 0 Å². The molecule has 1 aromatic carbocycles. The van der Waals surface area contributed by atoms with Crippen LogP contribution in [0.5, 0.6) is 0 Å². The third-order valence-corrected chi connectivity index (χ3v) is 5.36. The van der Waals surface area contributed by atoms with E-state index >= 15 is 0 Å². The van der Waals surface area contributed by atoms with E-state index in [1.165, 1.54) is 0 Å². The van der Waals surface area contributed by atoms with Crippen molar-refractivity contribution in [3.63, 3.8) is 0 Å². The van der Waals surface area contributed by atoms with E-state index in [4.69, 9.17) is 28.2 Å². The lowest BCUT2D eigenvalue weighted by molar-refractivity contribution is 0.310. The van der Waals surface area contributed by atoms with Gasteiger partial charge in [-0.2, -0.15) is 0 Å². The molecule has 26 heavy (non-hydrogen) atoms. The van der Waals surface area contributed by atoms with Crippen molar-refractivity contribution in [1.82, 2.24) is 15.2 Å². The molecular weight excluding hydrogens is 366 g/mol. The molecule has 1 aliphatic heterocycles. The van der Waals surface area contributed by atoms with Gasteiger partial charge in [0.25, 0.3) is 0 Å². The number of nitrogens with zero attached hydrogens (tertiary/aromatic N) is 2. The number of rotatable bonds is 3. The van der Waals surface area contributed by atoms with Gasteiger partial charge in [0.05, 0.1) is 11.7 Å². The van der Waals surface area contributed by atoms with Gasteiger partial charge >= 0.3 is 0 Å². The number of benzene rings is 1. The Bertz CT molecular complexity index is 957. The predicted octanol–water partition coefficient (Wildman–Crippen LogP) is 4.91. The average Bonchev–Trinajstić information content (AvgIpc) is 3.23. The molecular formula is C20H18ClN3OS. The minimum Gasteiger partial charge on any atom is -0.459 e. The largest absolute Gasteiger partial charge is 0.459 e. The second kappa shape index (κ2) is 6.74. The first-order valence-electron chi connectivity index (χ1n) is 8.35. The number of aryl methyl sites for hydroxylation is 1. The van der Waals surface area contributed by atoms with Crippen LogP contribution in [0.4, 0.5) is 0 Å². The highest BCUT2D eigenvalue weighted by Crippen LogP contribution is 2.40. The van der Waals surface area contributed by atoms with E-state index in [0.717, 1.165) is 28.3 Å². The minimum atomic E-state index is -0.0642. The maximum absolute atomic E-state index is 6.23. The predicted molar refractivity (Wildman–Crippen MR) is 107 cm³/mol. The molecule has 0 spiro atoms. The van der Waals surface area contributed by atoms with E-state index in [1.807, 2.05) is 67.4 Å². The molecule has 0 unspecified atom stereocenters. The summed E-state index contributed by atoms with van der Waals surface area (Å²) in [6.45, 7) is 2.04. The van der Waals surface area contributed by atoms with Crippen LogP contribution in [0.1, 0.15) is 29.1 Å². The summed E-state index contributed by atoms with van der Waals surface area (Å²) in [6, 6.07) is 15.5. The smallest absolute Gasteiger partial charge is 0.170 e. The summed E-state index contributed by atoms with van der Waals surface area (Å²) < 4.78 is 6.23. The normalized spacial score (nSPS) is 19.7. The monoisotopic (exact) mass is 383 g/mol. The van der Waals surface area contributed by atoms with E-state index < -0.39 is 0 Å². The highest BCUT2D eigenvalue weighted by atomic mass is 35.5. The zero-order valence-electron chi connectivity index (χ0n) is 14.4. The van der Waals surface area contributed by atoms with Crippen molar-refractivity contribution in [1.29, 1.82) is 0 Å². The summed E-state index contributed by atoms with van der Waals surface area (Å²) in [7, 11) is 1.97. The van der Waals surface area contributed by atoms with Crippen molar-refractivity contribution < 1.29 is 4.42 Å². The molecule has 0 saturated carbocycles. The highest BCUT2D eigenvalue weighted by molar-refractivity contribution is 7.80. The van der Waals surface area contributed by atoms with E-state index in [-0.39, 0.29) is 12.1 Å². The molecule has 1 N–H and O–H groups in total. The molecule has 1 aliphatic rings. The Morgan fingerprint density at radius 2 is 2.04 bits per heavy atom. The topological polar surface area (TPSA) is 41.3 Å². The molecule has 1 fully saturated rings. The van der Waals surface area contributed by atoms with Gasteiger partial charge in [-0.25, -0.2) is 0 Å². The number of nitrogens with one attached hydrogen (secondary N) is 1. The van der Waals surface area contributed by atoms with Crippen molar-refractivity contribution in [2.24, 2.45) is 0 Å². The number of aromatic nitrogens is 1. The van der Waals surface area contributed by atoms with Crippen molar-refractivity contribution in [2.75, 3.05) is 7.05 Å². The van der Waals surface area contributed by atoms with Crippen LogP contribution in [0.15, 0.2) is 59.1 Å². The lowest BCUT2D eigenvalue weighted by Crippen LogP contribution is -2.24. The van der Waals surface area contributed by atoms with Crippen molar-refractivity contribution in [3.8, 4) is 11.3 Å². The van der Waals surface area contributed by atoms with Crippen molar-refractivity contribution in [3.05, 3.63) is 76.8 Å². The number of likely N-dealkylation sites (N-methyl/N-ethyl adjacent to an activating group) is 1. The average molecular weight is 384 g/mol. The van der Waals surface area contributed by atoms with Crippen LogP contribution < -0.4 is 5.32 Å². The number of thiocarbonyl (C=S) groups is 1. The van der Waals surface area contributed by atoms with E-state index in [2.05, 4.69) is 10.3 Å². The maximum Gasteiger partial charge on any atom is 0.170 e. The molecule has 4 nitrogen and oxygen atoms in total. The summed E-state index contributed by atoms with van der Waals surface area (Å²) in [5.41, 5.74) is 3.04. The molecule has 0 radical (unpaired) electrons. The molecule has 132 valence electrons. The molecule has 3 heterocycles. The first kappa shape index (κ1) is 17.1. The van der Waals surface area contributed by atoms with Gasteiger partial charge in [-0.15, -0.1) is 0 Å². The molecule has 0 bridgehead atoms. The summed E-state index contributed by atoms with van der Waals surface area (Å²) in [5, 5.41) is 4.73. The second-order valence-electron chi connectivity index (χ2n) is 6.40. The Morgan fingerprint density at radius 3 is 2.81 bits per heavy atom. The molecule has 0 aliphatic carbocycles. The van der Waals surface area contributed by atoms with Gasteiger partial charge in [0, 0.05) is 23.8 Å². The van der Waals surface area contributed by atoms with Gasteiger partial charge < -0.3 is 14.6 Å². The molecule has 1 saturated heterocycles. The van der Waals surface area contributed by atoms with E-state index in [0.29, 0.717) is 10.1 Å². The summed E-state index contributed by atoms with van der Waals surface area (Å²) in [5.74, 6) is 1.64. The van der Waals surface area contributed by atoms with Gasteiger partial charge in [0.1, 0.15) is 17.6 Å². The van der Waals surface area contributed by atoms with Gasteiger partial charge in [-0.1, -0.05) is 23.7 Å². The fourth-order valence-electron chi connectivity index (χ4n) is 3.33. The maximum atomic E-state index is 6.23. The van der Waals surface area contributed by atoms with E-state index in [9.17, 15) is 0 Å². The molecule has 2 atom stereocenters. The highest BCUT2D eigenvalue weighted by Gasteiger charge is 2.39. The Kier molecular flexibility index (Phi) is 4.42. The first-order chi connectivity index (χ1) is 12.5. The number of hydrogen-bond acceptors (Lipinski definition) is 3. The van der Waals surface area contributed by atoms with E-state index in [1.54, 1.807) is 6.20 Å². The first-order valence-corrected chi connectivity index (χ1v) is 9.14. The fraction of sp³-hybridized carbons (Fsp3) is 0.200. The Balaban J connectivity index is 1.73. The number of pyridine rings is 1. The Hall–Kier alpha value is -2.37. The second-order valence-corrected chi connectivity index (χ2v) is 7.22. The fourth-order valence-corrected chi connectivity index (χ4v) is 3.74. The van der Waals surface area contributed by atoms with Crippen LogP contribution in [0.2, 0.25) is 5.02 Å². The Labute approximate surface area is 162 Å². The van der Waals surface area contributed by atoms with Gasteiger partial charge in [-0.05, 0) is 61.1 Å². The Morgan fingerprint density at radius 1 is 1.19 bits per heavy atom. The molecule has 2 aromatic heterocycles.